The molecule has 5 nitrogen and oxygen atoms in total. The molecule has 1 aromatic heterocycles. The summed E-state index contributed by atoms with van der Waals surface area (Å²) in [6.45, 7) is 5.32. The van der Waals surface area contributed by atoms with Crippen LogP contribution in [0, 0.1) is 5.92 Å². The van der Waals surface area contributed by atoms with Gasteiger partial charge in [-0.05, 0) is 56.6 Å². The lowest BCUT2D eigenvalue weighted by Gasteiger charge is -2.33. The van der Waals surface area contributed by atoms with Crippen LogP contribution in [-0.2, 0) is 11.3 Å². The topological polar surface area (TPSA) is 41.4 Å². The number of carbonyl (C=O) groups excluding carboxylic acids is 1. The molecule has 6 heteroatoms. The molecule has 152 valence electrons. The predicted octanol–water partition coefficient (Wildman–Crippen LogP) is 4.48. The van der Waals surface area contributed by atoms with E-state index in [1.54, 1.807) is 0 Å². The number of amides is 1. The number of hydrogen-bond donors (Lipinski definition) is 0. The number of carbonyl (C=O) groups is 1. The van der Waals surface area contributed by atoms with Crippen LogP contribution in [-0.4, -0.2) is 51.9 Å². The van der Waals surface area contributed by atoms with Crippen molar-refractivity contribution in [2.45, 2.75) is 26.3 Å². The predicted molar refractivity (Wildman–Crippen MR) is 120 cm³/mol. The van der Waals surface area contributed by atoms with E-state index >= 15 is 0 Å². The average Bonchev–Trinajstić information content (AvgIpc) is 3.10. The lowest BCUT2D eigenvalue weighted by molar-refractivity contribution is -0.135. The van der Waals surface area contributed by atoms with Gasteiger partial charge in [0.1, 0.15) is 5.82 Å². The van der Waals surface area contributed by atoms with E-state index in [9.17, 15) is 4.79 Å². The van der Waals surface area contributed by atoms with E-state index in [4.69, 9.17) is 4.98 Å². The minimum absolute atomic E-state index is 0.0809. The Labute approximate surface area is 180 Å². The quantitative estimate of drug-likeness (QED) is 0.570. The molecule has 29 heavy (non-hydrogen) atoms. The molecule has 1 aliphatic heterocycles. The number of para-hydroxylation sites is 2. The summed E-state index contributed by atoms with van der Waals surface area (Å²) in [5, 5.41) is 0. The average molecular weight is 455 g/mol. The molecule has 0 bridgehead atoms. The summed E-state index contributed by atoms with van der Waals surface area (Å²) >= 11 is 3.59. The smallest absolute Gasteiger partial charge is 0.226 e. The van der Waals surface area contributed by atoms with Gasteiger partial charge in [-0.2, -0.15) is 0 Å². The first-order valence-electron chi connectivity index (χ1n) is 10.3. The molecule has 1 saturated heterocycles. The van der Waals surface area contributed by atoms with Crippen LogP contribution < -0.4 is 0 Å². The third-order valence-corrected chi connectivity index (χ3v) is 6.26. The Kier molecular flexibility index (Phi) is 6.01. The van der Waals surface area contributed by atoms with Crippen molar-refractivity contribution in [3.05, 3.63) is 58.8 Å². The highest BCUT2D eigenvalue weighted by Gasteiger charge is 2.28. The molecule has 0 unspecified atom stereocenters. The molecule has 1 atom stereocenters. The molecule has 1 aliphatic rings. The van der Waals surface area contributed by atoms with Gasteiger partial charge in [0.05, 0.1) is 23.5 Å². The summed E-state index contributed by atoms with van der Waals surface area (Å²) in [5.74, 6) is 1.36. The highest BCUT2D eigenvalue weighted by atomic mass is 79.9. The van der Waals surface area contributed by atoms with Crippen LogP contribution in [0.1, 0.15) is 25.6 Å². The van der Waals surface area contributed by atoms with Crippen LogP contribution >= 0.6 is 15.9 Å². The molecule has 2 aromatic carbocycles. The normalized spacial score (nSPS) is 17.6. The van der Waals surface area contributed by atoms with E-state index in [1.807, 2.05) is 37.1 Å². The van der Waals surface area contributed by atoms with Crippen LogP contribution in [0.3, 0.4) is 0 Å². The third-order valence-electron chi connectivity index (χ3n) is 5.77. The molecule has 0 spiro atoms. The number of halogens is 1. The monoisotopic (exact) mass is 454 g/mol. The van der Waals surface area contributed by atoms with Crippen LogP contribution in [0.15, 0.2) is 53.0 Å². The molecule has 0 N–H and O–H groups in total. The second-order valence-electron chi connectivity index (χ2n) is 7.76. The van der Waals surface area contributed by atoms with Crippen LogP contribution in [0.4, 0.5) is 0 Å². The van der Waals surface area contributed by atoms with Crippen molar-refractivity contribution in [2.24, 2.45) is 5.92 Å². The van der Waals surface area contributed by atoms with Crippen molar-refractivity contribution in [3.63, 3.8) is 0 Å². The standard InChI is InChI=1S/C23H27BrN4O/c1-3-26(2)23(29)17-8-7-13-27(15-17)16-22-25-20-11-4-5-12-21(20)28(22)19-10-6-9-18(24)14-19/h4-6,9-12,14,17H,3,7-8,13,15-16H2,1-2H3/t17-/m1/s1. The summed E-state index contributed by atoms with van der Waals surface area (Å²) < 4.78 is 3.29. The zero-order valence-electron chi connectivity index (χ0n) is 17.0. The number of rotatable bonds is 5. The fourth-order valence-corrected chi connectivity index (χ4v) is 4.54. The van der Waals surface area contributed by atoms with E-state index < -0.39 is 0 Å². The van der Waals surface area contributed by atoms with E-state index in [0.29, 0.717) is 0 Å². The molecular weight excluding hydrogens is 428 g/mol. The summed E-state index contributed by atoms with van der Waals surface area (Å²) in [5.41, 5.74) is 3.20. The Morgan fingerprint density at radius 2 is 2.07 bits per heavy atom. The fourth-order valence-electron chi connectivity index (χ4n) is 4.15. The Balaban J connectivity index is 1.64. The number of aromatic nitrogens is 2. The lowest BCUT2D eigenvalue weighted by atomic mass is 9.96. The molecular formula is C23H27BrN4O. The Hall–Kier alpha value is -2.18. The summed E-state index contributed by atoms with van der Waals surface area (Å²) in [6.07, 6.45) is 2.02. The summed E-state index contributed by atoms with van der Waals surface area (Å²) in [7, 11) is 1.90. The van der Waals surface area contributed by atoms with Gasteiger partial charge in [0.15, 0.2) is 0 Å². The highest BCUT2D eigenvalue weighted by Crippen LogP contribution is 2.26. The van der Waals surface area contributed by atoms with Crippen LogP contribution in [0.2, 0.25) is 0 Å². The molecule has 2 heterocycles. The van der Waals surface area contributed by atoms with Gasteiger partial charge in [-0.15, -0.1) is 0 Å². The zero-order chi connectivity index (χ0) is 20.4. The molecule has 0 radical (unpaired) electrons. The third kappa shape index (κ3) is 4.23. The number of imidazole rings is 1. The summed E-state index contributed by atoms with van der Waals surface area (Å²) in [4.78, 5) is 21.8. The Morgan fingerprint density at radius 1 is 1.24 bits per heavy atom. The van der Waals surface area contributed by atoms with Gasteiger partial charge in [-0.1, -0.05) is 34.1 Å². The van der Waals surface area contributed by atoms with Gasteiger partial charge in [0.2, 0.25) is 5.91 Å². The van der Waals surface area contributed by atoms with E-state index in [-0.39, 0.29) is 11.8 Å². The molecule has 1 fully saturated rings. The van der Waals surface area contributed by atoms with Crippen molar-refractivity contribution >= 4 is 32.9 Å². The van der Waals surface area contributed by atoms with Crippen molar-refractivity contribution < 1.29 is 4.79 Å². The van der Waals surface area contributed by atoms with Gasteiger partial charge in [0.25, 0.3) is 0 Å². The minimum Gasteiger partial charge on any atom is -0.346 e. The highest BCUT2D eigenvalue weighted by molar-refractivity contribution is 9.10. The molecule has 4 rings (SSSR count). The van der Waals surface area contributed by atoms with Crippen molar-refractivity contribution in [1.29, 1.82) is 0 Å². The zero-order valence-corrected chi connectivity index (χ0v) is 18.6. The number of fused-ring (bicyclic) bond motifs is 1. The number of benzene rings is 2. The van der Waals surface area contributed by atoms with E-state index in [0.717, 1.165) is 66.0 Å². The fraction of sp³-hybridized carbons (Fsp3) is 0.391. The molecule has 3 aromatic rings. The molecule has 0 saturated carbocycles. The SMILES string of the molecule is CCN(C)C(=O)[C@@H]1CCCN(Cc2nc3ccccc3n2-c2cccc(Br)c2)C1. The van der Waals surface area contributed by atoms with E-state index in [1.165, 1.54) is 0 Å². The number of likely N-dealkylation sites (tertiary alicyclic amines) is 1. The van der Waals surface area contributed by atoms with E-state index in [2.05, 4.69) is 55.7 Å². The largest absolute Gasteiger partial charge is 0.346 e. The van der Waals surface area contributed by atoms with Crippen molar-refractivity contribution in [2.75, 3.05) is 26.7 Å². The second kappa shape index (κ2) is 8.67. The maximum absolute atomic E-state index is 12.7. The van der Waals surface area contributed by atoms with Gasteiger partial charge in [-0.3, -0.25) is 14.3 Å². The second-order valence-corrected chi connectivity index (χ2v) is 8.67. The lowest BCUT2D eigenvalue weighted by Crippen LogP contribution is -2.43. The van der Waals surface area contributed by atoms with Gasteiger partial charge in [-0.25, -0.2) is 4.98 Å². The first-order valence-corrected chi connectivity index (χ1v) is 11.1. The molecule has 1 amide bonds. The summed E-state index contributed by atoms with van der Waals surface area (Å²) in [6, 6.07) is 16.6. The molecule has 0 aliphatic carbocycles. The Morgan fingerprint density at radius 3 is 2.86 bits per heavy atom. The number of hydrogen-bond acceptors (Lipinski definition) is 3. The van der Waals surface area contributed by atoms with Crippen LogP contribution in [0.25, 0.3) is 16.7 Å². The van der Waals surface area contributed by atoms with Gasteiger partial charge in [0, 0.05) is 30.3 Å². The number of nitrogens with zero attached hydrogens (tertiary/aromatic N) is 4. The van der Waals surface area contributed by atoms with Gasteiger partial charge < -0.3 is 4.90 Å². The number of piperidine rings is 1. The van der Waals surface area contributed by atoms with Crippen LogP contribution in [0.5, 0.6) is 0 Å². The minimum atomic E-state index is 0.0809. The first kappa shape index (κ1) is 20.1. The maximum Gasteiger partial charge on any atom is 0.226 e. The van der Waals surface area contributed by atoms with Gasteiger partial charge >= 0.3 is 0 Å². The van der Waals surface area contributed by atoms with Crippen molar-refractivity contribution in [3.8, 4) is 5.69 Å². The first-order chi connectivity index (χ1) is 14.1. The maximum atomic E-state index is 12.7. The van der Waals surface area contributed by atoms with Crippen molar-refractivity contribution in [1.82, 2.24) is 19.4 Å². The Bertz CT molecular complexity index is 1020.